The second kappa shape index (κ2) is 12.5. The standard InChI is InChI=1S/C25H21Cl2F2NO6S/c26-17-10-30-11-18(27)16(17)9-20(35-23(31)13-34-24(32)22-2-1-7-37-22)15-5-6-19(36-25(28)29)21(8-15)33-12-14-3-4-14/h1-2,5-8,10-11,14,20,25H,3-4,9,12-13H2/p+1/t20-/m0/s1. The molecule has 1 saturated carbocycles. The minimum atomic E-state index is -3.04. The average Bonchev–Trinajstić information content (AvgIpc) is 3.53. The molecule has 1 fully saturated rings. The zero-order valence-electron chi connectivity index (χ0n) is 19.3. The molecule has 1 aromatic carbocycles. The zero-order valence-corrected chi connectivity index (χ0v) is 21.6. The number of hydrogen-bond acceptors (Lipinski definition) is 7. The molecule has 0 bridgehead atoms. The highest BCUT2D eigenvalue weighted by molar-refractivity contribution is 7.11. The number of hydrogen-bond donors (Lipinski definition) is 0. The highest BCUT2D eigenvalue weighted by Gasteiger charge is 2.26. The number of thiophene rings is 1. The second-order valence-corrected chi connectivity index (χ2v) is 9.97. The van der Waals surface area contributed by atoms with Crippen LogP contribution in [0.25, 0.3) is 0 Å². The molecule has 196 valence electrons. The number of halogens is 4. The summed E-state index contributed by atoms with van der Waals surface area (Å²) in [5.74, 6) is -1.17. The van der Waals surface area contributed by atoms with Gasteiger partial charge in [-0.05, 0) is 47.9 Å². The Labute approximate surface area is 225 Å². The van der Waals surface area contributed by atoms with Crippen molar-refractivity contribution in [2.45, 2.75) is 32.0 Å². The lowest BCUT2D eigenvalue weighted by Crippen LogP contribution is -2.20. The average molecular weight is 573 g/mol. The van der Waals surface area contributed by atoms with Crippen LogP contribution in [0.4, 0.5) is 8.78 Å². The first kappa shape index (κ1) is 27.1. The van der Waals surface area contributed by atoms with Crippen molar-refractivity contribution in [2.75, 3.05) is 13.2 Å². The van der Waals surface area contributed by atoms with E-state index in [2.05, 4.69) is 9.72 Å². The normalized spacial score (nSPS) is 13.8. The van der Waals surface area contributed by atoms with Gasteiger partial charge in [-0.2, -0.15) is 8.78 Å². The Morgan fingerprint density at radius 3 is 2.51 bits per heavy atom. The van der Waals surface area contributed by atoms with E-state index in [-0.39, 0.29) is 17.9 Å². The van der Waals surface area contributed by atoms with E-state index in [9.17, 15) is 18.4 Å². The van der Waals surface area contributed by atoms with Crippen molar-refractivity contribution in [1.82, 2.24) is 0 Å². The van der Waals surface area contributed by atoms with Crippen molar-refractivity contribution in [3.8, 4) is 11.5 Å². The van der Waals surface area contributed by atoms with Crippen LogP contribution in [0.5, 0.6) is 11.5 Å². The van der Waals surface area contributed by atoms with Gasteiger partial charge in [0.15, 0.2) is 30.5 Å². The summed E-state index contributed by atoms with van der Waals surface area (Å²) >= 11 is 13.8. The number of aromatic amines is 1. The molecule has 0 aliphatic heterocycles. The topological polar surface area (TPSA) is 85.2 Å². The van der Waals surface area contributed by atoms with Crippen LogP contribution in [0.15, 0.2) is 48.1 Å². The van der Waals surface area contributed by atoms with Crippen LogP contribution < -0.4 is 14.5 Å². The van der Waals surface area contributed by atoms with Crippen LogP contribution in [-0.2, 0) is 20.7 Å². The molecule has 0 saturated heterocycles. The van der Waals surface area contributed by atoms with Crippen molar-refractivity contribution < 1.29 is 42.3 Å². The van der Waals surface area contributed by atoms with E-state index in [0.29, 0.717) is 38.6 Å². The van der Waals surface area contributed by atoms with E-state index >= 15 is 0 Å². The zero-order chi connectivity index (χ0) is 26.4. The molecule has 1 aliphatic carbocycles. The Kier molecular flexibility index (Phi) is 9.18. The minimum absolute atomic E-state index is 0.0497. The van der Waals surface area contributed by atoms with Crippen LogP contribution in [0, 0.1) is 5.92 Å². The molecular weight excluding hydrogens is 551 g/mol. The van der Waals surface area contributed by atoms with Crippen LogP contribution in [0.3, 0.4) is 0 Å². The first-order valence-corrected chi connectivity index (χ1v) is 12.9. The lowest BCUT2D eigenvalue weighted by Gasteiger charge is -2.21. The predicted octanol–water partition coefficient (Wildman–Crippen LogP) is 5.94. The van der Waals surface area contributed by atoms with Crippen molar-refractivity contribution in [3.05, 3.63) is 74.2 Å². The number of rotatable bonds is 12. The number of pyridine rings is 1. The summed E-state index contributed by atoms with van der Waals surface area (Å²) in [4.78, 5) is 27.9. The Balaban J connectivity index is 1.56. The number of H-pyrrole nitrogens is 1. The van der Waals surface area contributed by atoms with Gasteiger partial charge in [0.1, 0.15) is 21.0 Å². The first-order chi connectivity index (χ1) is 17.8. The van der Waals surface area contributed by atoms with Crippen molar-refractivity contribution in [3.63, 3.8) is 0 Å². The number of ether oxygens (including phenoxy) is 4. The number of nitrogens with one attached hydrogen (secondary N) is 1. The molecule has 2 heterocycles. The Hall–Kier alpha value is -2.95. The summed E-state index contributed by atoms with van der Waals surface area (Å²) in [6, 6.07) is 7.54. The monoisotopic (exact) mass is 572 g/mol. The van der Waals surface area contributed by atoms with E-state index in [4.69, 9.17) is 37.4 Å². The third-order valence-corrected chi connectivity index (χ3v) is 6.95. The highest BCUT2D eigenvalue weighted by Crippen LogP contribution is 2.37. The van der Waals surface area contributed by atoms with E-state index < -0.39 is 31.3 Å². The maximum atomic E-state index is 13.0. The first-order valence-electron chi connectivity index (χ1n) is 11.3. The molecular formula is C25H22Cl2F2NO6S+. The Morgan fingerprint density at radius 1 is 1.11 bits per heavy atom. The van der Waals surface area contributed by atoms with Gasteiger partial charge in [-0.1, -0.05) is 35.3 Å². The van der Waals surface area contributed by atoms with Gasteiger partial charge in [0.25, 0.3) is 0 Å². The Morgan fingerprint density at radius 2 is 1.86 bits per heavy atom. The lowest BCUT2D eigenvalue weighted by atomic mass is 10.0. The quantitative estimate of drug-likeness (QED) is 0.249. The van der Waals surface area contributed by atoms with Gasteiger partial charge in [0.05, 0.1) is 6.61 Å². The minimum Gasteiger partial charge on any atom is -0.489 e. The molecule has 2 aromatic heterocycles. The largest absolute Gasteiger partial charge is 0.489 e. The van der Waals surface area contributed by atoms with Crippen LogP contribution in [0.1, 0.15) is 39.7 Å². The van der Waals surface area contributed by atoms with Crippen molar-refractivity contribution in [2.24, 2.45) is 5.92 Å². The number of carbonyl (C=O) groups is 2. The van der Waals surface area contributed by atoms with E-state index in [1.54, 1.807) is 17.5 Å². The molecule has 0 unspecified atom stereocenters. The third kappa shape index (κ3) is 7.77. The highest BCUT2D eigenvalue weighted by atomic mass is 35.5. The van der Waals surface area contributed by atoms with Gasteiger partial charge >= 0.3 is 18.6 Å². The molecule has 1 atom stereocenters. The molecule has 0 radical (unpaired) electrons. The summed E-state index contributed by atoms with van der Waals surface area (Å²) in [5, 5.41) is 2.32. The van der Waals surface area contributed by atoms with Crippen molar-refractivity contribution >= 4 is 46.5 Å². The number of esters is 2. The van der Waals surface area contributed by atoms with E-state index in [0.717, 1.165) is 12.8 Å². The van der Waals surface area contributed by atoms with Gasteiger partial charge in [0.2, 0.25) is 0 Å². The fourth-order valence-electron chi connectivity index (χ4n) is 3.39. The van der Waals surface area contributed by atoms with Crippen LogP contribution >= 0.6 is 34.5 Å². The van der Waals surface area contributed by atoms with Crippen LogP contribution in [-0.4, -0.2) is 31.8 Å². The summed E-state index contributed by atoms with van der Waals surface area (Å²) in [6.07, 6.45) is 4.12. The molecule has 0 spiro atoms. The smallest absolute Gasteiger partial charge is 0.387 e. The van der Waals surface area contributed by atoms with Gasteiger partial charge in [-0.25, -0.2) is 14.6 Å². The summed E-state index contributed by atoms with van der Waals surface area (Å²) < 4.78 is 47.0. The maximum Gasteiger partial charge on any atom is 0.387 e. The maximum absolute atomic E-state index is 13.0. The number of aromatic nitrogens is 1. The van der Waals surface area contributed by atoms with E-state index in [1.807, 2.05) is 0 Å². The number of alkyl halides is 2. The number of benzene rings is 1. The predicted molar refractivity (Wildman–Crippen MR) is 131 cm³/mol. The number of carbonyl (C=O) groups excluding carboxylic acids is 2. The second-order valence-electron chi connectivity index (χ2n) is 8.20. The van der Waals surface area contributed by atoms with Crippen molar-refractivity contribution in [1.29, 1.82) is 0 Å². The molecule has 4 rings (SSSR count). The van der Waals surface area contributed by atoms with Gasteiger partial charge < -0.3 is 18.9 Å². The molecule has 3 aromatic rings. The van der Waals surface area contributed by atoms with E-state index in [1.165, 1.54) is 41.9 Å². The van der Waals surface area contributed by atoms with Crippen LogP contribution in [0.2, 0.25) is 10.0 Å². The summed E-state index contributed by atoms with van der Waals surface area (Å²) in [7, 11) is 0. The van der Waals surface area contributed by atoms with Gasteiger partial charge in [-0.3, -0.25) is 0 Å². The summed E-state index contributed by atoms with van der Waals surface area (Å²) in [5.41, 5.74) is 0.911. The fourth-order valence-corrected chi connectivity index (χ4v) is 4.54. The molecule has 0 amide bonds. The Bertz CT molecular complexity index is 1220. The summed E-state index contributed by atoms with van der Waals surface area (Å²) in [6.45, 7) is -3.33. The molecule has 1 N–H and O–H groups in total. The SMILES string of the molecule is O=C(COC(=O)c1cccs1)O[C@@H](Cc1c(Cl)c[nH+]cc1Cl)c1ccc(OC(F)F)c(OCC2CC2)c1. The molecule has 7 nitrogen and oxygen atoms in total. The fraction of sp³-hybridized carbons (Fsp3) is 0.320. The third-order valence-electron chi connectivity index (χ3n) is 5.43. The van der Waals surface area contributed by atoms with Gasteiger partial charge in [0, 0.05) is 12.0 Å². The molecule has 1 aliphatic rings. The molecule has 12 heteroatoms. The lowest BCUT2D eigenvalue weighted by molar-refractivity contribution is -0.377. The molecule has 37 heavy (non-hydrogen) atoms. The van der Waals surface area contributed by atoms with Gasteiger partial charge in [-0.15, -0.1) is 11.3 Å².